The van der Waals surface area contributed by atoms with E-state index < -0.39 is 0 Å². The van der Waals surface area contributed by atoms with Gasteiger partial charge in [0.15, 0.2) is 11.0 Å². The second-order valence-corrected chi connectivity index (χ2v) is 9.09. The fourth-order valence-electron chi connectivity index (χ4n) is 3.17. The molecule has 7 nitrogen and oxygen atoms in total. The molecule has 0 bridgehead atoms. The van der Waals surface area contributed by atoms with E-state index in [-0.39, 0.29) is 11.7 Å². The molecule has 1 aromatic heterocycles. The Bertz CT molecular complexity index is 1320. The number of ether oxygens (including phenoxy) is 1. The van der Waals surface area contributed by atoms with Gasteiger partial charge in [-0.3, -0.25) is 9.36 Å². The molecule has 4 rings (SSSR count). The second-order valence-electron chi connectivity index (χ2n) is 7.23. The van der Waals surface area contributed by atoms with E-state index in [9.17, 15) is 4.79 Å². The van der Waals surface area contributed by atoms with Gasteiger partial charge in [0.1, 0.15) is 5.75 Å². The lowest BCUT2D eigenvalue weighted by atomic mass is 10.2. The summed E-state index contributed by atoms with van der Waals surface area (Å²) in [5.41, 5.74) is 5.37. The van der Waals surface area contributed by atoms with E-state index in [1.807, 2.05) is 95.6 Å². The Hall–Kier alpha value is -3.69. The first-order valence-corrected chi connectivity index (χ1v) is 12.4. The number of nitrogens with one attached hydrogen (secondary N) is 1. The first-order chi connectivity index (χ1) is 17.1. The van der Waals surface area contributed by atoms with E-state index in [1.54, 1.807) is 13.3 Å². The van der Waals surface area contributed by atoms with Gasteiger partial charge in [0.2, 0.25) is 0 Å². The molecule has 9 heteroatoms. The molecule has 1 amide bonds. The fraction of sp³-hybridized carbons (Fsp3) is 0.0769. The maximum atomic E-state index is 12.4. The Morgan fingerprint density at radius 3 is 2.40 bits per heavy atom. The average molecular weight is 548 g/mol. The van der Waals surface area contributed by atoms with Crippen LogP contribution in [-0.4, -0.2) is 39.7 Å². The number of carbonyl (C=O) groups excluding carboxylic acids is 1. The van der Waals surface area contributed by atoms with Crippen molar-refractivity contribution in [2.45, 2.75) is 5.16 Å². The van der Waals surface area contributed by atoms with Gasteiger partial charge in [0.25, 0.3) is 5.91 Å². The molecule has 3 aromatic carbocycles. The number of nitrogens with zero attached hydrogens (tertiary/aromatic N) is 4. The summed E-state index contributed by atoms with van der Waals surface area (Å²) in [5, 5.41) is 13.4. The molecule has 4 aromatic rings. The second kappa shape index (κ2) is 12.1. The number of carbonyl (C=O) groups is 1. The van der Waals surface area contributed by atoms with Gasteiger partial charge in [0, 0.05) is 15.7 Å². The van der Waals surface area contributed by atoms with Crippen LogP contribution in [0.4, 0.5) is 0 Å². The van der Waals surface area contributed by atoms with Crippen molar-refractivity contribution in [1.29, 1.82) is 0 Å². The number of hydrazone groups is 1. The van der Waals surface area contributed by atoms with E-state index in [4.69, 9.17) is 4.74 Å². The first kappa shape index (κ1) is 24.4. The number of hydrogen-bond acceptors (Lipinski definition) is 6. The summed E-state index contributed by atoms with van der Waals surface area (Å²) in [5.74, 6) is 1.32. The van der Waals surface area contributed by atoms with Crippen molar-refractivity contribution in [3.63, 3.8) is 0 Å². The maximum absolute atomic E-state index is 12.4. The smallest absolute Gasteiger partial charge is 0.250 e. The van der Waals surface area contributed by atoms with E-state index in [1.165, 1.54) is 11.8 Å². The number of para-hydroxylation sites is 1. The molecule has 0 saturated heterocycles. The zero-order valence-electron chi connectivity index (χ0n) is 18.8. The van der Waals surface area contributed by atoms with Crippen LogP contribution in [0.1, 0.15) is 5.56 Å². The molecule has 0 unspecified atom stereocenters. The molecule has 0 aliphatic rings. The topological polar surface area (TPSA) is 81.4 Å². The molecule has 0 spiro atoms. The number of thioether (sulfide) groups is 1. The SMILES string of the molecule is COc1ccc(-c2nnc(SCC(=O)N/N=C/C(Br)=C/c3ccccc3)n2-c2ccccc2)cc1. The molecule has 0 fully saturated rings. The lowest BCUT2D eigenvalue weighted by molar-refractivity contribution is -0.118. The summed E-state index contributed by atoms with van der Waals surface area (Å²) < 4.78 is 7.93. The van der Waals surface area contributed by atoms with Gasteiger partial charge in [-0.25, -0.2) is 5.43 Å². The number of amides is 1. The van der Waals surface area contributed by atoms with Crippen molar-refractivity contribution in [3.05, 3.63) is 95.0 Å². The van der Waals surface area contributed by atoms with Crippen molar-refractivity contribution in [3.8, 4) is 22.8 Å². The number of benzene rings is 3. The molecule has 0 aliphatic carbocycles. The quantitative estimate of drug-likeness (QED) is 0.168. The van der Waals surface area contributed by atoms with Crippen LogP contribution in [0.5, 0.6) is 5.75 Å². The highest BCUT2D eigenvalue weighted by atomic mass is 79.9. The van der Waals surface area contributed by atoms with Crippen LogP contribution < -0.4 is 10.2 Å². The number of halogens is 1. The highest BCUT2D eigenvalue weighted by Crippen LogP contribution is 2.28. The van der Waals surface area contributed by atoms with Gasteiger partial charge in [-0.1, -0.05) is 60.3 Å². The monoisotopic (exact) mass is 547 g/mol. The van der Waals surface area contributed by atoms with Crippen LogP contribution in [0.3, 0.4) is 0 Å². The van der Waals surface area contributed by atoms with Gasteiger partial charge in [-0.15, -0.1) is 10.2 Å². The number of hydrogen-bond donors (Lipinski definition) is 1. The molecular formula is C26H22BrN5O2S. The van der Waals surface area contributed by atoms with Gasteiger partial charge in [-0.05, 0) is 64.0 Å². The predicted octanol–water partition coefficient (Wildman–Crippen LogP) is 5.57. The van der Waals surface area contributed by atoms with Crippen molar-refractivity contribution in [1.82, 2.24) is 20.2 Å². The standard InChI is InChI=1S/C26H22BrN5O2S/c1-34-23-14-12-20(13-15-23)25-30-31-26(32(25)22-10-6-3-7-11-22)35-18-24(33)29-28-17-21(27)16-19-8-4-2-5-9-19/h2-17H,18H2,1H3,(H,29,33)/b21-16-,28-17+. The van der Waals surface area contributed by atoms with Gasteiger partial charge >= 0.3 is 0 Å². The Kier molecular flexibility index (Phi) is 8.48. The highest BCUT2D eigenvalue weighted by molar-refractivity contribution is 9.12. The normalized spacial score (nSPS) is 11.5. The Balaban J connectivity index is 1.45. The van der Waals surface area contributed by atoms with E-state index in [2.05, 4.69) is 36.7 Å². The molecule has 1 N–H and O–H groups in total. The molecule has 1 heterocycles. The minimum atomic E-state index is -0.250. The summed E-state index contributed by atoms with van der Waals surface area (Å²) in [7, 11) is 1.63. The molecule has 0 aliphatic heterocycles. The molecule has 0 atom stereocenters. The summed E-state index contributed by atoms with van der Waals surface area (Å²) >= 11 is 4.72. The maximum Gasteiger partial charge on any atom is 0.250 e. The van der Waals surface area contributed by atoms with Gasteiger partial charge in [0.05, 0.1) is 19.1 Å². The number of aromatic nitrogens is 3. The Morgan fingerprint density at radius 1 is 1.03 bits per heavy atom. The molecule has 35 heavy (non-hydrogen) atoms. The van der Waals surface area contributed by atoms with E-state index in [0.29, 0.717) is 11.0 Å². The Labute approximate surface area is 216 Å². The van der Waals surface area contributed by atoms with Crippen LogP contribution in [0.2, 0.25) is 0 Å². The predicted molar refractivity (Wildman–Crippen MR) is 144 cm³/mol. The lowest BCUT2D eigenvalue weighted by Gasteiger charge is -2.10. The number of rotatable bonds is 9. The summed E-state index contributed by atoms with van der Waals surface area (Å²) in [6.07, 6.45) is 3.46. The fourth-order valence-corrected chi connectivity index (χ4v) is 4.29. The minimum Gasteiger partial charge on any atom is -0.497 e. The molecule has 0 radical (unpaired) electrons. The summed E-state index contributed by atoms with van der Waals surface area (Å²) in [4.78, 5) is 12.4. The third kappa shape index (κ3) is 6.68. The van der Waals surface area contributed by atoms with Gasteiger partial charge in [-0.2, -0.15) is 5.10 Å². The van der Waals surface area contributed by atoms with Crippen LogP contribution >= 0.6 is 27.7 Å². The number of methoxy groups -OCH3 is 1. The van der Waals surface area contributed by atoms with E-state index >= 15 is 0 Å². The number of allylic oxidation sites excluding steroid dienone is 1. The first-order valence-electron chi connectivity index (χ1n) is 10.7. The van der Waals surface area contributed by atoms with Gasteiger partial charge < -0.3 is 4.74 Å². The summed E-state index contributed by atoms with van der Waals surface area (Å²) in [6.45, 7) is 0. The highest BCUT2D eigenvalue weighted by Gasteiger charge is 2.17. The van der Waals surface area contributed by atoms with Crippen LogP contribution in [0.15, 0.2) is 99.7 Å². The zero-order valence-corrected chi connectivity index (χ0v) is 21.2. The van der Waals surface area contributed by atoms with Crippen molar-refractivity contribution in [2.24, 2.45) is 5.10 Å². The van der Waals surface area contributed by atoms with E-state index in [0.717, 1.165) is 27.0 Å². The van der Waals surface area contributed by atoms with Crippen LogP contribution in [-0.2, 0) is 4.79 Å². The third-order valence-corrected chi connectivity index (χ3v) is 6.17. The average Bonchev–Trinajstić information content (AvgIpc) is 3.32. The Morgan fingerprint density at radius 2 is 1.71 bits per heavy atom. The largest absolute Gasteiger partial charge is 0.497 e. The van der Waals surface area contributed by atoms with Crippen LogP contribution in [0, 0.1) is 0 Å². The molecule has 0 saturated carbocycles. The minimum absolute atomic E-state index is 0.130. The van der Waals surface area contributed by atoms with Crippen LogP contribution in [0.25, 0.3) is 23.2 Å². The lowest BCUT2D eigenvalue weighted by Crippen LogP contribution is -2.19. The molecular weight excluding hydrogens is 526 g/mol. The zero-order chi connectivity index (χ0) is 24.5. The summed E-state index contributed by atoms with van der Waals surface area (Å²) in [6, 6.07) is 27.2. The third-order valence-electron chi connectivity index (χ3n) is 4.81. The van der Waals surface area contributed by atoms with Crippen molar-refractivity contribution < 1.29 is 9.53 Å². The molecule has 176 valence electrons. The van der Waals surface area contributed by atoms with Crippen molar-refractivity contribution in [2.75, 3.05) is 12.9 Å². The van der Waals surface area contributed by atoms with Crippen molar-refractivity contribution >= 4 is 45.9 Å².